The number of amides is 1. The molecule has 0 aliphatic heterocycles. The van der Waals surface area contributed by atoms with Crippen molar-refractivity contribution >= 4 is 22.8 Å². The number of nitrogens with zero attached hydrogens (tertiary/aromatic N) is 2. The summed E-state index contributed by atoms with van der Waals surface area (Å²) in [5.74, 6) is -1.96. The molecule has 0 unspecified atom stereocenters. The molecule has 9 nitrogen and oxygen atoms in total. The summed E-state index contributed by atoms with van der Waals surface area (Å²) in [4.78, 5) is 50.3. The molecule has 1 heterocycles. The monoisotopic (exact) mass is 555 g/mol. The molecule has 0 saturated heterocycles. The van der Waals surface area contributed by atoms with Crippen LogP contribution in [0.15, 0.2) is 76.3 Å². The zero-order chi connectivity index (χ0) is 29.0. The summed E-state index contributed by atoms with van der Waals surface area (Å²) in [5, 5.41) is 11.9. The third-order valence-corrected chi connectivity index (χ3v) is 6.24. The van der Waals surface area contributed by atoms with Gasteiger partial charge in [0.2, 0.25) is 0 Å². The number of hydrogen-bond acceptors (Lipinski definition) is 5. The van der Waals surface area contributed by atoms with Gasteiger partial charge in [0.25, 0.3) is 11.5 Å². The topological polar surface area (TPSA) is 120 Å². The number of carboxylic acids is 1. The average molecular weight is 556 g/mol. The van der Waals surface area contributed by atoms with E-state index in [1.54, 1.807) is 19.1 Å². The van der Waals surface area contributed by atoms with Crippen molar-refractivity contribution in [1.82, 2.24) is 14.5 Å². The molecule has 0 spiro atoms. The second-order valence-electron chi connectivity index (χ2n) is 8.84. The summed E-state index contributed by atoms with van der Waals surface area (Å²) in [6.07, 6.45) is -4.50. The van der Waals surface area contributed by atoms with E-state index < -0.39 is 29.5 Å². The first-order valence-electron chi connectivity index (χ1n) is 12.2. The molecule has 3 aromatic carbocycles. The summed E-state index contributed by atoms with van der Waals surface area (Å²) in [6, 6.07) is 15.6. The van der Waals surface area contributed by atoms with E-state index in [0.717, 1.165) is 22.3 Å². The second kappa shape index (κ2) is 11.5. The van der Waals surface area contributed by atoms with Crippen LogP contribution in [0.3, 0.4) is 0 Å². The number of carboxylic acid groups (broad SMARTS) is 1. The predicted molar refractivity (Wildman–Crippen MR) is 140 cm³/mol. The van der Waals surface area contributed by atoms with E-state index in [1.807, 2.05) is 0 Å². The summed E-state index contributed by atoms with van der Waals surface area (Å²) in [7, 11) is 0. The van der Waals surface area contributed by atoms with E-state index in [4.69, 9.17) is 5.11 Å². The van der Waals surface area contributed by atoms with Crippen LogP contribution in [-0.2, 0) is 26.1 Å². The summed E-state index contributed by atoms with van der Waals surface area (Å²) >= 11 is 0. The fourth-order valence-corrected chi connectivity index (χ4v) is 4.22. The van der Waals surface area contributed by atoms with Crippen LogP contribution in [0.4, 0.5) is 13.2 Å². The van der Waals surface area contributed by atoms with Gasteiger partial charge in [-0.1, -0.05) is 24.3 Å². The van der Waals surface area contributed by atoms with Crippen LogP contribution in [-0.4, -0.2) is 32.5 Å². The van der Waals surface area contributed by atoms with Gasteiger partial charge in [-0.3, -0.25) is 18.7 Å². The smallest absolute Gasteiger partial charge is 0.478 e. The number of alkyl halides is 3. The molecule has 40 heavy (non-hydrogen) atoms. The summed E-state index contributed by atoms with van der Waals surface area (Å²) in [6.45, 7) is 2.10. The van der Waals surface area contributed by atoms with Crippen molar-refractivity contribution < 1.29 is 32.6 Å². The number of carbonyl (C=O) groups excluding carboxylic acids is 1. The van der Waals surface area contributed by atoms with Gasteiger partial charge in [0, 0.05) is 25.2 Å². The second-order valence-corrected chi connectivity index (χ2v) is 8.84. The van der Waals surface area contributed by atoms with Crippen LogP contribution in [0.2, 0.25) is 0 Å². The third-order valence-electron chi connectivity index (χ3n) is 6.24. The predicted octanol–water partition coefficient (Wildman–Crippen LogP) is 3.95. The third kappa shape index (κ3) is 6.40. The maximum atomic E-state index is 13.3. The molecule has 1 aromatic heterocycles. The van der Waals surface area contributed by atoms with Gasteiger partial charge < -0.3 is 15.2 Å². The fraction of sp³-hybridized carbons (Fsp3) is 0.214. The highest BCUT2D eigenvalue weighted by Gasteiger charge is 2.31. The van der Waals surface area contributed by atoms with Crippen molar-refractivity contribution in [3.63, 3.8) is 0 Å². The number of halogens is 3. The molecule has 4 aromatic rings. The first-order chi connectivity index (χ1) is 19.0. The van der Waals surface area contributed by atoms with Gasteiger partial charge in [0.05, 0.1) is 16.5 Å². The molecule has 0 aliphatic carbocycles. The van der Waals surface area contributed by atoms with E-state index in [-0.39, 0.29) is 41.9 Å². The van der Waals surface area contributed by atoms with Crippen molar-refractivity contribution in [1.29, 1.82) is 0 Å². The van der Waals surface area contributed by atoms with Crippen molar-refractivity contribution in [3.05, 3.63) is 110 Å². The normalized spacial score (nSPS) is 11.4. The van der Waals surface area contributed by atoms with Crippen LogP contribution in [0.1, 0.15) is 38.8 Å². The highest BCUT2D eigenvalue weighted by atomic mass is 19.4. The van der Waals surface area contributed by atoms with Gasteiger partial charge in [-0.2, -0.15) is 0 Å². The Kier molecular flexibility index (Phi) is 8.08. The lowest BCUT2D eigenvalue weighted by molar-refractivity contribution is -0.274. The summed E-state index contributed by atoms with van der Waals surface area (Å²) in [5.41, 5.74) is 0.861. The highest BCUT2D eigenvalue weighted by molar-refractivity contribution is 5.97. The molecule has 2 N–H and O–H groups in total. The molecule has 0 fully saturated rings. The quantitative estimate of drug-likeness (QED) is 0.323. The maximum absolute atomic E-state index is 13.3. The van der Waals surface area contributed by atoms with Crippen molar-refractivity contribution in [2.45, 2.75) is 39.3 Å². The zero-order valence-corrected chi connectivity index (χ0v) is 21.2. The Labute approximate surface area is 225 Å². The number of fused-ring (bicyclic) bond motifs is 1. The number of ether oxygens (including phenoxy) is 1. The Balaban J connectivity index is 1.55. The standard InChI is InChI=1S/C28H24F3N3O6/c1-2-33-23-12-9-20(24(35)32-16-18-5-10-21(11-6-18)40-28(29,30)31)15-22(23)25(36)34(27(33)39)14-13-17-3-7-19(8-4-17)26(37)38/h3-12,15H,2,13-14,16H2,1H3,(H,32,35)(H,37,38). The molecule has 0 atom stereocenters. The summed E-state index contributed by atoms with van der Waals surface area (Å²) < 4.78 is 43.4. The number of benzene rings is 3. The van der Waals surface area contributed by atoms with Gasteiger partial charge in [0.15, 0.2) is 0 Å². The number of hydrogen-bond donors (Lipinski definition) is 2. The van der Waals surface area contributed by atoms with Gasteiger partial charge in [-0.05, 0) is 66.9 Å². The molecule has 1 amide bonds. The first-order valence-corrected chi connectivity index (χ1v) is 12.2. The molecule has 4 rings (SSSR count). The van der Waals surface area contributed by atoms with E-state index in [2.05, 4.69) is 10.1 Å². The largest absolute Gasteiger partial charge is 0.573 e. The van der Waals surface area contributed by atoms with Crippen LogP contribution in [0.25, 0.3) is 10.9 Å². The number of nitrogens with one attached hydrogen (secondary N) is 1. The van der Waals surface area contributed by atoms with Crippen LogP contribution in [0.5, 0.6) is 5.75 Å². The van der Waals surface area contributed by atoms with Gasteiger partial charge in [-0.25, -0.2) is 9.59 Å². The fourth-order valence-electron chi connectivity index (χ4n) is 4.22. The minimum atomic E-state index is -4.80. The number of aryl methyl sites for hydroxylation is 2. The Morgan fingerprint density at radius 3 is 2.12 bits per heavy atom. The van der Waals surface area contributed by atoms with E-state index >= 15 is 0 Å². The van der Waals surface area contributed by atoms with Gasteiger partial charge in [-0.15, -0.1) is 13.2 Å². The van der Waals surface area contributed by atoms with E-state index in [0.29, 0.717) is 17.5 Å². The average Bonchev–Trinajstić information content (AvgIpc) is 2.92. The Bertz CT molecular complexity index is 1670. The Hall–Kier alpha value is -4.87. The van der Waals surface area contributed by atoms with Crippen molar-refractivity contribution in [2.75, 3.05) is 0 Å². The lowest BCUT2D eigenvalue weighted by Gasteiger charge is -2.14. The molecule has 0 radical (unpaired) electrons. The molecular formula is C28H24F3N3O6. The van der Waals surface area contributed by atoms with Crippen LogP contribution in [0, 0.1) is 0 Å². The van der Waals surface area contributed by atoms with Gasteiger partial charge >= 0.3 is 18.0 Å². The van der Waals surface area contributed by atoms with Crippen LogP contribution >= 0.6 is 0 Å². The highest BCUT2D eigenvalue weighted by Crippen LogP contribution is 2.22. The number of carbonyl (C=O) groups is 2. The lowest BCUT2D eigenvalue weighted by Crippen LogP contribution is -2.40. The SMILES string of the molecule is CCn1c(=O)n(CCc2ccc(C(=O)O)cc2)c(=O)c2cc(C(=O)NCc3ccc(OC(F)(F)F)cc3)ccc21. The Morgan fingerprint density at radius 1 is 0.900 bits per heavy atom. The number of aromatic nitrogens is 2. The van der Waals surface area contributed by atoms with Crippen LogP contribution < -0.4 is 21.3 Å². The van der Waals surface area contributed by atoms with Gasteiger partial charge in [0.1, 0.15) is 5.75 Å². The van der Waals surface area contributed by atoms with Crippen molar-refractivity contribution in [3.8, 4) is 5.75 Å². The maximum Gasteiger partial charge on any atom is 0.573 e. The molecule has 12 heteroatoms. The lowest BCUT2D eigenvalue weighted by atomic mass is 10.1. The minimum Gasteiger partial charge on any atom is -0.478 e. The molecule has 0 bridgehead atoms. The van der Waals surface area contributed by atoms with E-state index in [9.17, 15) is 32.3 Å². The minimum absolute atomic E-state index is 0.0164. The molecule has 208 valence electrons. The molecule has 0 aliphatic rings. The first kappa shape index (κ1) is 28.1. The number of aromatic carboxylic acids is 1. The zero-order valence-electron chi connectivity index (χ0n) is 21.2. The molecule has 0 saturated carbocycles. The number of rotatable bonds is 9. The Morgan fingerprint density at radius 2 is 1.52 bits per heavy atom. The van der Waals surface area contributed by atoms with E-state index in [1.165, 1.54) is 47.0 Å². The van der Waals surface area contributed by atoms with Crippen molar-refractivity contribution in [2.24, 2.45) is 0 Å². The molecular weight excluding hydrogens is 531 g/mol.